The molecule has 0 bridgehead atoms. The van der Waals surface area contributed by atoms with Crippen molar-refractivity contribution in [3.63, 3.8) is 0 Å². The molecular formula is C18H21ClN4S. The molecule has 1 aliphatic rings. The number of anilines is 1. The maximum absolute atomic E-state index is 8.25. The largest absolute Gasteiger partial charge is 0.303 e. The summed E-state index contributed by atoms with van der Waals surface area (Å²) < 4.78 is 0. The summed E-state index contributed by atoms with van der Waals surface area (Å²) >= 11 is 7.77. The van der Waals surface area contributed by atoms with Gasteiger partial charge in [0.05, 0.1) is 18.1 Å². The van der Waals surface area contributed by atoms with Crippen LogP contribution in [0.25, 0.3) is 0 Å². The van der Waals surface area contributed by atoms with Crippen LogP contribution in [-0.4, -0.2) is 31.3 Å². The average Bonchev–Trinajstić information content (AvgIpc) is 2.74. The summed E-state index contributed by atoms with van der Waals surface area (Å²) in [5.41, 5.74) is 4.39. The normalized spacial score (nSPS) is 17.3. The summed E-state index contributed by atoms with van der Waals surface area (Å²) in [6.45, 7) is 6.67. The van der Waals surface area contributed by atoms with Gasteiger partial charge in [-0.2, -0.15) is 0 Å². The van der Waals surface area contributed by atoms with E-state index in [9.17, 15) is 0 Å². The van der Waals surface area contributed by atoms with E-state index in [0.717, 1.165) is 26.9 Å². The predicted octanol–water partition coefficient (Wildman–Crippen LogP) is 4.22. The summed E-state index contributed by atoms with van der Waals surface area (Å²) in [4.78, 5) is 8.21. The van der Waals surface area contributed by atoms with Crippen LogP contribution in [0.4, 0.5) is 5.00 Å². The van der Waals surface area contributed by atoms with Crippen LogP contribution in [0, 0.1) is 19.3 Å². The van der Waals surface area contributed by atoms with E-state index in [-0.39, 0.29) is 6.17 Å². The van der Waals surface area contributed by atoms with Gasteiger partial charge >= 0.3 is 0 Å². The smallest absolute Gasteiger partial charge is 0.108 e. The van der Waals surface area contributed by atoms with Crippen molar-refractivity contribution in [1.29, 1.82) is 5.41 Å². The van der Waals surface area contributed by atoms with Crippen molar-refractivity contribution >= 4 is 39.5 Å². The minimum atomic E-state index is -0.0245. The molecule has 0 radical (unpaired) electrons. The van der Waals surface area contributed by atoms with Gasteiger partial charge < -0.3 is 4.90 Å². The highest BCUT2D eigenvalue weighted by molar-refractivity contribution is 7.17. The third kappa shape index (κ3) is 2.88. The van der Waals surface area contributed by atoms with E-state index >= 15 is 0 Å². The maximum atomic E-state index is 8.25. The number of aliphatic imine (C=N–C) groups is 1. The molecule has 2 N–H and O–H groups in total. The second-order valence-electron chi connectivity index (χ2n) is 5.92. The van der Waals surface area contributed by atoms with Gasteiger partial charge in [0.25, 0.3) is 0 Å². The monoisotopic (exact) mass is 360 g/mol. The van der Waals surface area contributed by atoms with Crippen molar-refractivity contribution in [2.45, 2.75) is 26.9 Å². The lowest BCUT2D eigenvalue weighted by molar-refractivity contribution is 0.592. The van der Waals surface area contributed by atoms with Crippen molar-refractivity contribution < 1.29 is 0 Å². The number of benzene rings is 1. The second kappa shape index (κ2) is 6.67. The minimum absolute atomic E-state index is 0.0245. The fourth-order valence-corrected chi connectivity index (χ4v) is 4.37. The molecule has 1 aliphatic heterocycles. The molecule has 1 atom stereocenters. The first-order chi connectivity index (χ1) is 11.4. The molecule has 2 aromatic rings. The topological polar surface area (TPSA) is 51.5 Å². The third-order valence-electron chi connectivity index (χ3n) is 4.37. The summed E-state index contributed by atoms with van der Waals surface area (Å²) in [5, 5.41) is 13.3. The number of hydrogen-bond acceptors (Lipinski definition) is 4. The Morgan fingerprint density at radius 3 is 2.58 bits per heavy atom. The average molecular weight is 361 g/mol. The molecule has 0 fully saturated rings. The van der Waals surface area contributed by atoms with E-state index in [1.807, 2.05) is 43.1 Å². The van der Waals surface area contributed by atoms with Gasteiger partial charge in [0, 0.05) is 21.0 Å². The van der Waals surface area contributed by atoms with Crippen molar-refractivity contribution in [3.05, 3.63) is 50.9 Å². The molecule has 0 amide bonds. The molecule has 4 nitrogen and oxygen atoms in total. The molecule has 2 heterocycles. The fourth-order valence-electron chi connectivity index (χ4n) is 2.99. The number of thiophene rings is 1. The van der Waals surface area contributed by atoms with Gasteiger partial charge in [0.2, 0.25) is 0 Å². The standard InChI is InChI=1S/C18H21ClN4S/c1-10-11(2)24-18-16(10)17(13-5-7-14(19)8-6-13)22-9-15(21-4)23(18)12(3)20/h5-8,15,20-21H,9H2,1-4H3. The molecule has 24 heavy (non-hydrogen) atoms. The van der Waals surface area contributed by atoms with Gasteiger partial charge in [-0.25, -0.2) is 0 Å². The number of nitrogens with one attached hydrogen (secondary N) is 2. The van der Waals surface area contributed by atoms with E-state index in [1.165, 1.54) is 10.4 Å². The lowest BCUT2D eigenvalue weighted by Gasteiger charge is -2.29. The van der Waals surface area contributed by atoms with Crippen LogP contribution in [0.1, 0.15) is 28.5 Å². The third-order valence-corrected chi connectivity index (χ3v) is 5.83. The first-order valence-electron chi connectivity index (χ1n) is 7.86. The molecule has 1 aromatic heterocycles. The Balaban J connectivity index is 2.23. The molecule has 0 spiro atoms. The quantitative estimate of drug-likeness (QED) is 0.622. The highest BCUT2D eigenvalue weighted by Gasteiger charge is 2.30. The maximum Gasteiger partial charge on any atom is 0.108 e. The van der Waals surface area contributed by atoms with E-state index in [1.54, 1.807) is 11.3 Å². The Morgan fingerprint density at radius 2 is 2.00 bits per heavy atom. The summed E-state index contributed by atoms with van der Waals surface area (Å²) in [7, 11) is 1.91. The molecule has 0 saturated heterocycles. The molecule has 0 aliphatic carbocycles. The van der Waals surface area contributed by atoms with Crippen molar-refractivity contribution in [1.82, 2.24) is 5.32 Å². The zero-order chi connectivity index (χ0) is 17.4. The fraction of sp³-hybridized carbons (Fsp3) is 0.333. The van der Waals surface area contributed by atoms with Crippen LogP contribution in [0.5, 0.6) is 0 Å². The Hall–Kier alpha value is -1.69. The number of hydrogen-bond donors (Lipinski definition) is 2. The van der Waals surface area contributed by atoms with Crippen LogP contribution in [0.3, 0.4) is 0 Å². The van der Waals surface area contributed by atoms with Crippen molar-refractivity contribution in [3.8, 4) is 0 Å². The Kier molecular flexibility index (Phi) is 4.76. The van der Waals surface area contributed by atoms with E-state index < -0.39 is 0 Å². The van der Waals surface area contributed by atoms with Gasteiger partial charge in [0.15, 0.2) is 0 Å². The lowest BCUT2D eigenvalue weighted by Crippen LogP contribution is -2.48. The first-order valence-corrected chi connectivity index (χ1v) is 9.06. The van der Waals surface area contributed by atoms with Gasteiger partial charge in [0.1, 0.15) is 11.2 Å². The number of halogens is 1. The molecule has 6 heteroatoms. The number of rotatable bonds is 2. The summed E-state index contributed by atoms with van der Waals surface area (Å²) in [6, 6.07) is 7.82. The number of likely N-dealkylation sites (N-methyl/N-ethyl adjacent to an activating group) is 1. The number of aryl methyl sites for hydroxylation is 1. The molecule has 3 rings (SSSR count). The van der Waals surface area contributed by atoms with Gasteiger partial charge in [-0.3, -0.25) is 15.7 Å². The lowest BCUT2D eigenvalue weighted by atomic mass is 10.00. The highest BCUT2D eigenvalue weighted by Crippen LogP contribution is 2.39. The first kappa shape index (κ1) is 17.1. The number of nitrogens with zero attached hydrogens (tertiary/aromatic N) is 2. The number of amidine groups is 1. The number of fused-ring (bicyclic) bond motifs is 1. The SMILES string of the molecule is CNC1CN=C(c2ccc(Cl)cc2)c2c(sc(C)c2C)N1C(C)=N. The Morgan fingerprint density at radius 1 is 1.33 bits per heavy atom. The predicted molar refractivity (Wildman–Crippen MR) is 104 cm³/mol. The second-order valence-corrected chi connectivity index (χ2v) is 7.56. The van der Waals surface area contributed by atoms with Crippen LogP contribution in [0.2, 0.25) is 5.02 Å². The summed E-state index contributed by atoms with van der Waals surface area (Å²) in [6.07, 6.45) is -0.0245. The zero-order valence-electron chi connectivity index (χ0n) is 14.3. The van der Waals surface area contributed by atoms with E-state index in [4.69, 9.17) is 22.0 Å². The zero-order valence-corrected chi connectivity index (χ0v) is 15.8. The van der Waals surface area contributed by atoms with Gasteiger partial charge in [-0.15, -0.1) is 11.3 Å². The van der Waals surface area contributed by atoms with Crippen LogP contribution in [-0.2, 0) is 0 Å². The van der Waals surface area contributed by atoms with Gasteiger partial charge in [-0.05, 0) is 45.5 Å². The van der Waals surface area contributed by atoms with E-state index in [2.05, 4.69) is 19.2 Å². The molecule has 126 valence electrons. The Labute approximate surface area is 151 Å². The van der Waals surface area contributed by atoms with Crippen LogP contribution < -0.4 is 10.2 Å². The molecular weight excluding hydrogens is 340 g/mol. The van der Waals surface area contributed by atoms with Crippen LogP contribution in [0.15, 0.2) is 29.3 Å². The summed E-state index contributed by atoms with van der Waals surface area (Å²) in [5.74, 6) is 0.518. The van der Waals surface area contributed by atoms with Crippen LogP contribution >= 0.6 is 22.9 Å². The Bertz CT molecular complexity index is 807. The van der Waals surface area contributed by atoms with Gasteiger partial charge in [-0.1, -0.05) is 23.7 Å². The van der Waals surface area contributed by atoms with Crippen molar-refractivity contribution in [2.24, 2.45) is 4.99 Å². The molecule has 0 saturated carbocycles. The van der Waals surface area contributed by atoms with E-state index in [0.29, 0.717) is 12.4 Å². The molecule has 1 unspecified atom stereocenters. The van der Waals surface area contributed by atoms with Crippen molar-refractivity contribution in [2.75, 3.05) is 18.5 Å². The minimum Gasteiger partial charge on any atom is -0.303 e. The highest BCUT2D eigenvalue weighted by atomic mass is 35.5. The molecule has 1 aromatic carbocycles.